The Hall–Kier alpha value is -1.84. The molecule has 0 saturated carbocycles. The van der Waals surface area contributed by atoms with Crippen molar-refractivity contribution in [1.82, 2.24) is 5.32 Å². The van der Waals surface area contributed by atoms with E-state index in [1.54, 1.807) is 13.8 Å². The van der Waals surface area contributed by atoms with Crippen LogP contribution in [0.1, 0.15) is 38.8 Å². The van der Waals surface area contributed by atoms with Crippen molar-refractivity contribution in [2.75, 3.05) is 0 Å². The lowest BCUT2D eigenvalue weighted by atomic mass is 10.0. The highest BCUT2D eigenvalue weighted by molar-refractivity contribution is 5.85. The van der Waals surface area contributed by atoms with Crippen LogP contribution < -0.4 is 5.32 Å². The summed E-state index contributed by atoms with van der Waals surface area (Å²) in [5.41, 5.74) is 2.15. The molecule has 0 aliphatic carbocycles. The summed E-state index contributed by atoms with van der Waals surface area (Å²) in [4.78, 5) is 23.0. The van der Waals surface area contributed by atoms with Gasteiger partial charge in [-0.15, -0.1) is 0 Å². The van der Waals surface area contributed by atoms with E-state index in [4.69, 9.17) is 5.11 Å². The molecule has 1 aromatic carbocycles. The Bertz CT molecular complexity index is 477. The summed E-state index contributed by atoms with van der Waals surface area (Å²) in [5, 5.41) is 11.6. The number of hydrogen-bond donors (Lipinski definition) is 2. The number of carbonyl (C=O) groups is 2. The lowest BCUT2D eigenvalue weighted by molar-refractivity contribution is -0.143. The summed E-state index contributed by atoms with van der Waals surface area (Å²) in [6.07, 6.45) is 1.22. The highest BCUT2D eigenvalue weighted by Gasteiger charge is 2.23. The lowest BCUT2D eigenvalue weighted by Gasteiger charge is -2.17. The van der Waals surface area contributed by atoms with Gasteiger partial charge >= 0.3 is 5.97 Å². The van der Waals surface area contributed by atoms with Gasteiger partial charge in [-0.25, -0.2) is 4.79 Å². The highest BCUT2D eigenvalue weighted by atomic mass is 16.4. The first-order valence-corrected chi connectivity index (χ1v) is 7.39. The van der Waals surface area contributed by atoms with Crippen LogP contribution in [-0.4, -0.2) is 23.0 Å². The number of carboxylic acids is 1. The fourth-order valence-corrected chi connectivity index (χ4v) is 2.19. The number of aliphatic carboxylic acids is 1. The van der Waals surface area contributed by atoms with Gasteiger partial charge in [-0.05, 0) is 29.4 Å². The molecule has 4 heteroatoms. The maximum absolute atomic E-state index is 11.9. The van der Waals surface area contributed by atoms with Gasteiger partial charge in [0.1, 0.15) is 6.04 Å². The number of carbonyl (C=O) groups excluding carboxylic acids is 1. The van der Waals surface area contributed by atoms with Gasteiger partial charge in [0.2, 0.25) is 5.91 Å². The molecular weight excluding hydrogens is 266 g/mol. The molecule has 4 nitrogen and oxygen atoms in total. The highest BCUT2D eigenvalue weighted by Crippen LogP contribution is 2.10. The first-order valence-electron chi connectivity index (χ1n) is 7.39. The van der Waals surface area contributed by atoms with Crippen LogP contribution in [0.25, 0.3) is 0 Å². The van der Waals surface area contributed by atoms with Crippen LogP contribution >= 0.6 is 0 Å². The van der Waals surface area contributed by atoms with Crippen LogP contribution in [0, 0.1) is 11.8 Å². The quantitative estimate of drug-likeness (QED) is 0.811. The largest absolute Gasteiger partial charge is 0.480 e. The second kappa shape index (κ2) is 7.81. The molecule has 0 unspecified atom stereocenters. The normalized spacial score (nSPS) is 12.5. The molecule has 1 aromatic rings. The molecule has 0 aliphatic rings. The molecule has 0 heterocycles. The smallest absolute Gasteiger partial charge is 0.326 e. The predicted molar refractivity (Wildman–Crippen MR) is 83.1 cm³/mol. The molecule has 0 saturated heterocycles. The van der Waals surface area contributed by atoms with Crippen LogP contribution in [-0.2, 0) is 22.4 Å². The van der Waals surface area contributed by atoms with E-state index in [0.717, 1.165) is 12.0 Å². The van der Waals surface area contributed by atoms with E-state index in [0.29, 0.717) is 5.92 Å². The predicted octanol–water partition coefficient (Wildman–Crippen LogP) is 2.65. The first kappa shape index (κ1) is 17.2. The molecule has 1 atom stereocenters. The van der Waals surface area contributed by atoms with Crippen molar-refractivity contribution in [3.05, 3.63) is 35.4 Å². The van der Waals surface area contributed by atoms with Crippen molar-refractivity contribution in [2.45, 2.75) is 46.6 Å². The molecule has 0 spiro atoms. The Balaban J connectivity index is 2.60. The van der Waals surface area contributed by atoms with E-state index in [2.05, 4.69) is 19.2 Å². The zero-order chi connectivity index (χ0) is 16.0. The molecule has 1 amide bonds. The fraction of sp³-hybridized carbons (Fsp3) is 0.529. The SMILES string of the molecule is CC(C)Cc1ccc(CC(=O)N[C@@H](C(=O)O)C(C)C)cc1. The van der Waals surface area contributed by atoms with E-state index < -0.39 is 12.0 Å². The Morgan fingerprint density at radius 3 is 2.00 bits per heavy atom. The molecule has 21 heavy (non-hydrogen) atoms. The number of benzene rings is 1. The summed E-state index contributed by atoms with van der Waals surface area (Å²) in [5.74, 6) is -0.792. The number of hydrogen-bond acceptors (Lipinski definition) is 2. The van der Waals surface area contributed by atoms with Crippen LogP contribution in [0.3, 0.4) is 0 Å². The third-order valence-corrected chi connectivity index (χ3v) is 3.28. The molecule has 2 N–H and O–H groups in total. The van der Waals surface area contributed by atoms with Crippen LogP contribution in [0.4, 0.5) is 0 Å². The van der Waals surface area contributed by atoms with E-state index in [1.807, 2.05) is 24.3 Å². The third-order valence-electron chi connectivity index (χ3n) is 3.28. The topological polar surface area (TPSA) is 66.4 Å². The van der Waals surface area contributed by atoms with E-state index >= 15 is 0 Å². The van der Waals surface area contributed by atoms with Gasteiger partial charge in [0.25, 0.3) is 0 Å². The maximum Gasteiger partial charge on any atom is 0.326 e. The molecule has 0 fully saturated rings. The van der Waals surface area contributed by atoms with Crippen LogP contribution in [0.15, 0.2) is 24.3 Å². The van der Waals surface area contributed by atoms with E-state index in [9.17, 15) is 9.59 Å². The Labute approximate surface area is 126 Å². The zero-order valence-corrected chi connectivity index (χ0v) is 13.2. The number of rotatable bonds is 7. The minimum Gasteiger partial charge on any atom is -0.480 e. The molecule has 1 rings (SSSR count). The second-order valence-corrected chi connectivity index (χ2v) is 6.22. The minimum atomic E-state index is -0.995. The van der Waals surface area contributed by atoms with Crippen LogP contribution in [0.5, 0.6) is 0 Å². The number of nitrogens with one attached hydrogen (secondary N) is 1. The Kier molecular flexibility index (Phi) is 6.40. The van der Waals surface area contributed by atoms with Crippen molar-refractivity contribution in [2.24, 2.45) is 11.8 Å². The van der Waals surface area contributed by atoms with Crippen molar-refractivity contribution < 1.29 is 14.7 Å². The first-order chi connectivity index (χ1) is 9.79. The summed E-state index contributed by atoms with van der Waals surface area (Å²) in [6.45, 7) is 7.89. The van der Waals surface area contributed by atoms with Gasteiger partial charge in [0.05, 0.1) is 6.42 Å². The van der Waals surface area contributed by atoms with Gasteiger partial charge in [-0.2, -0.15) is 0 Å². The monoisotopic (exact) mass is 291 g/mol. The summed E-state index contributed by atoms with van der Waals surface area (Å²) >= 11 is 0. The molecular formula is C17H25NO3. The number of carboxylic acid groups (broad SMARTS) is 1. The van der Waals surface area contributed by atoms with Crippen molar-refractivity contribution >= 4 is 11.9 Å². The standard InChI is InChI=1S/C17H25NO3/c1-11(2)9-13-5-7-14(8-6-13)10-15(19)18-16(12(3)4)17(20)21/h5-8,11-12,16H,9-10H2,1-4H3,(H,18,19)(H,20,21)/t16-/m1/s1. The average Bonchev–Trinajstić information content (AvgIpc) is 2.37. The Morgan fingerprint density at radius 1 is 1.05 bits per heavy atom. The maximum atomic E-state index is 11.9. The third kappa shape index (κ3) is 5.98. The molecule has 0 aliphatic heterocycles. The van der Waals surface area contributed by atoms with Crippen LogP contribution in [0.2, 0.25) is 0 Å². The van der Waals surface area contributed by atoms with Gasteiger partial charge in [0.15, 0.2) is 0 Å². The summed E-state index contributed by atoms with van der Waals surface area (Å²) in [7, 11) is 0. The Morgan fingerprint density at radius 2 is 1.57 bits per heavy atom. The van der Waals surface area contributed by atoms with E-state index in [-0.39, 0.29) is 18.2 Å². The molecule has 0 aromatic heterocycles. The van der Waals surface area contributed by atoms with E-state index in [1.165, 1.54) is 5.56 Å². The van der Waals surface area contributed by atoms with Gasteiger partial charge in [0, 0.05) is 0 Å². The minimum absolute atomic E-state index is 0.139. The van der Waals surface area contributed by atoms with Crippen molar-refractivity contribution in [1.29, 1.82) is 0 Å². The summed E-state index contributed by atoms with van der Waals surface area (Å²) in [6, 6.07) is 7.09. The van der Waals surface area contributed by atoms with Gasteiger partial charge < -0.3 is 10.4 Å². The molecule has 0 bridgehead atoms. The average molecular weight is 291 g/mol. The zero-order valence-electron chi connectivity index (χ0n) is 13.2. The molecule has 116 valence electrons. The molecule has 0 radical (unpaired) electrons. The van der Waals surface area contributed by atoms with Crippen molar-refractivity contribution in [3.8, 4) is 0 Å². The number of amides is 1. The lowest BCUT2D eigenvalue weighted by Crippen LogP contribution is -2.44. The summed E-state index contributed by atoms with van der Waals surface area (Å²) < 4.78 is 0. The second-order valence-electron chi connectivity index (χ2n) is 6.22. The van der Waals surface area contributed by atoms with Gasteiger partial charge in [-0.1, -0.05) is 52.0 Å². The van der Waals surface area contributed by atoms with Gasteiger partial charge in [-0.3, -0.25) is 4.79 Å². The van der Waals surface area contributed by atoms with Crippen molar-refractivity contribution in [3.63, 3.8) is 0 Å². The fourth-order valence-electron chi connectivity index (χ4n) is 2.19.